The molecule has 94 valence electrons. The number of nitro benzene ring substituents is 1. The number of nitrogens with zero attached hydrogens (tertiary/aromatic N) is 1. The van der Waals surface area contributed by atoms with E-state index in [0.717, 1.165) is 0 Å². The molecule has 2 rings (SSSR count). The number of hydrogen-bond donors (Lipinski definition) is 1. The summed E-state index contributed by atoms with van der Waals surface area (Å²) in [7, 11) is 0. The van der Waals surface area contributed by atoms with Gasteiger partial charge >= 0.3 is 11.9 Å². The normalized spacial score (nSPS) is 22.6. The van der Waals surface area contributed by atoms with Gasteiger partial charge in [0.25, 0.3) is 5.69 Å². The zero-order chi connectivity index (χ0) is 13.3. The standard InChI is InChI=1S/C11H9NO6/c13-9-5-8(11(14)15)10(18-9)6-1-3-7(4-2-6)12(16)17/h1-4,8,10H,5H2,(H,14,15)/t8-,10-/m0/s1. The number of hydrogen-bond acceptors (Lipinski definition) is 5. The molecule has 0 spiro atoms. The summed E-state index contributed by atoms with van der Waals surface area (Å²) in [5, 5.41) is 19.4. The summed E-state index contributed by atoms with van der Waals surface area (Å²) < 4.78 is 4.93. The molecular weight excluding hydrogens is 242 g/mol. The van der Waals surface area contributed by atoms with Crippen LogP contribution in [0.15, 0.2) is 24.3 Å². The molecule has 1 saturated heterocycles. The highest BCUT2D eigenvalue weighted by molar-refractivity contribution is 5.82. The first-order valence-corrected chi connectivity index (χ1v) is 5.15. The zero-order valence-corrected chi connectivity index (χ0v) is 9.11. The lowest BCUT2D eigenvalue weighted by Crippen LogP contribution is -2.17. The summed E-state index contributed by atoms with van der Waals surface area (Å²) in [4.78, 5) is 32.0. The lowest BCUT2D eigenvalue weighted by atomic mass is 9.95. The van der Waals surface area contributed by atoms with E-state index in [2.05, 4.69) is 0 Å². The van der Waals surface area contributed by atoms with Gasteiger partial charge in [-0.25, -0.2) is 0 Å². The van der Waals surface area contributed by atoms with Gasteiger partial charge in [-0.05, 0) is 17.7 Å². The Morgan fingerprint density at radius 2 is 2.00 bits per heavy atom. The first-order chi connectivity index (χ1) is 8.49. The molecule has 0 radical (unpaired) electrons. The Bertz CT molecular complexity index is 509. The first kappa shape index (κ1) is 12.0. The number of nitro groups is 1. The van der Waals surface area contributed by atoms with E-state index in [4.69, 9.17) is 9.84 Å². The summed E-state index contributed by atoms with van der Waals surface area (Å²) in [5.41, 5.74) is 0.341. The van der Waals surface area contributed by atoms with E-state index in [9.17, 15) is 19.7 Å². The van der Waals surface area contributed by atoms with Gasteiger partial charge in [0, 0.05) is 12.1 Å². The van der Waals surface area contributed by atoms with Gasteiger partial charge in [-0.1, -0.05) is 0 Å². The molecule has 1 aromatic rings. The molecule has 7 nitrogen and oxygen atoms in total. The van der Waals surface area contributed by atoms with Crippen molar-refractivity contribution in [3.63, 3.8) is 0 Å². The summed E-state index contributed by atoms with van der Waals surface area (Å²) in [5.74, 6) is -2.64. The topological polar surface area (TPSA) is 107 Å². The zero-order valence-electron chi connectivity index (χ0n) is 9.11. The van der Waals surface area contributed by atoms with Crippen LogP contribution in [0.3, 0.4) is 0 Å². The van der Waals surface area contributed by atoms with Gasteiger partial charge in [-0.2, -0.15) is 0 Å². The van der Waals surface area contributed by atoms with Crippen molar-refractivity contribution in [3.05, 3.63) is 39.9 Å². The van der Waals surface area contributed by atoms with Gasteiger partial charge in [-0.15, -0.1) is 0 Å². The van der Waals surface area contributed by atoms with Crippen LogP contribution in [0.5, 0.6) is 0 Å². The molecule has 1 aromatic carbocycles. The Morgan fingerprint density at radius 1 is 1.39 bits per heavy atom. The molecule has 0 aromatic heterocycles. The third-order valence-electron chi connectivity index (χ3n) is 2.76. The molecule has 0 amide bonds. The van der Waals surface area contributed by atoms with Gasteiger partial charge in [0.2, 0.25) is 0 Å². The second-order valence-electron chi connectivity index (χ2n) is 3.91. The number of esters is 1. The third-order valence-corrected chi connectivity index (χ3v) is 2.76. The van der Waals surface area contributed by atoms with E-state index in [1.54, 1.807) is 0 Å². The first-order valence-electron chi connectivity index (χ1n) is 5.15. The molecule has 1 N–H and O–H groups in total. The van der Waals surface area contributed by atoms with Crippen molar-refractivity contribution in [1.82, 2.24) is 0 Å². The molecule has 2 atom stereocenters. The van der Waals surface area contributed by atoms with E-state index in [1.165, 1.54) is 24.3 Å². The molecule has 0 bridgehead atoms. The number of benzene rings is 1. The van der Waals surface area contributed by atoms with Crippen LogP contribution in [0.25, 0.3) is 0 Å². The van der Waals surface area contributed by atoms with Gasteiger partial charge in [0.05, 0.1) is 11.3 Å². The van der Waals surface area contributed by atoms with Crippen molar-refractivity contribution in [2.45, 2.75) is 12.5 Å². The lowest BCUT2D eigenvalue weighted by molar-refractivity contribution is -0.384. The van der Waals surface area contributed by atoms with Gasteiger partial charge in [0.15, 0.2) is 0 Å². The number of carboxylic acid groups (broad SMARTS) is 1. The summed E-state index contributed by atoms with van der Waals surface area (Å²) in [6.07, 6.45) is -1.06. The third kappa shape index (κ3) is 2.15. The molecule has 1 aliphatic heterocycles. The highest BCUT2D eigenvalue weighted by Gasteiger charge is 2.40. The van der Waals surface area contributed by atoms with Crippen LogP contribution in [0, 0.1) is 16.0 Å². The molecule has 0 unspecified atom stereocenters. The quantitative estimate of drug-likeness (QED) is 0.492. The second kappa shape index (κ2) is 4.44. The molecular formula is C11H9NO6. The van der Waals surface area contributed by atoms with Crippen LogP contribution in [-0.4, -0.2) is 22.0 Å². The summed E-state index contributed by atoms with van der Waals surface area (Å²) >= 11 is 0. The van der Waals surface area contributed by atoms with Crippen LogP contribution in [0.1, 0.15) is 18.1 Å². The molecule has 1 heterocycles. The average Bonchev–Trinajstić information content (AvgIpc) is 2.71. The Kier molecular flexibility index (Phi) is 2.97. The second-order valence-corrected chi connectivity index (χ2v) is 3.91. The Morgan fingerprint density at radius 3 is 2.50 bits per heavy atom. The Balaban J connectivity index is 2.27. The highest BCUT2D eigenvalue weighted by Crippen LogP contribution is 2.35. The van der Waals surface area contributed by atoms with E-state index < -0.39 is 28.9 Å². The fraction of sp³-hybridized carbons (Fsp3) is 0.273. The van der Waals surface area contributed by atoms with Crippen LogP contribution in [0.2, 0.25) is 0 Å². The minimum absolute atomic E-state index is 0.102. The number of aliphatic carboxylic acids is 1. The summed E-state index contributed by atoms with van der Waals surface area (Å²) in [6, 6.07) is 5.30. The number of carboxylic acids is 1. The van der Waals surface area contributed by atoms with E-state index in [0.29, 0.717) is 5.56 Å². The lowest BCUT2D eigenvalue weighted by Gasteiger charge is -2.13. The maximum absolute atomic E-state index is 11.1. The van der Waals surface area contributed by atoms with Gasteiger partial charge in [-0.3, -0.25) is 19.7 Å². The molecule has 0 aliphatic carbocycles. The monoisotopic (exact) mass is 251 g/mol. The Labute approximate surface area is 101 Å². The maximum Gasteiger partial charge on any atom is 0.311 e. The molecule has 1 fully saturated rings. The number of cyclic esters (lactones) is 1. The van der Waals surface area contributed by atoms with E-state index in [1.807, 2.05) is 0 Å². The van der Waals surface area contributed by atoms with E-state index >= 15 is 0 Å². The van der Waals surface area contributed by atoms with Crippen molar-refractivity contribution in [3.8, 4) is 0 Å². The average molecular weight is 251 g/mol. The van der Waals surface area contributed by atoms with Gasteiger partial charge < -0.3 is 9.84 Å². The largest absolute Gasteiger partial charge is 0.481 e. The van der Waals surface area contributed by atoms with Crippen LogP contribution >= 0.6 is 0 Å². The highest BCUT2D eigenvalue weighted by atomic mass is 16.6. The van der Waals surface area contributed by atoms with Crippen molar-refractivity contribution in [2.75, 3.05) is 0 Å². The van der Waals surface area contributed by atoms with Crippen LogP contribution in [0.4, 0.5) is 5.69 Å². The Hall–Kier alpha value is -2.44. The van der Waals surface area contributed by atoms with Crippen molar-refractivity contribution in [1.29, 1.82) is 0 Å². The smallest absolute Gasteiger partial charge is 0.311 e. The molecule has 1 aliphatic rings. The number of carbonyl (C=O) groups is 2. The molecule has 0 saturated carbocycles. The maximum atomic E-state index is 11.1. The number of ether oxygens (including phenoxy) is 1. The predicted molar refractivity (Wildman–Crippen MR) is 57.7 cm³/mol. The van der Waals surface area contributed by atoms with Crippen molar-refractivity contribution in [2.24, 2.45) is 5.92 Å². The van der Waals surface area contributed by atoms with Crippen molar-refractivity contribution >= 4 is 17.6 Å². The van der Waals surface area contributed by atoms with Gasteiger partial charge in [0.1, 0.15) is 12.0 Å². The molecule has 7 heteroatoms. The number of rotatable bonds is 3. The van der Waals surface area contributed by atoms with Crippen molar-refractivity contribution < 1.29 is 24.4 Å². The van der Waals surface area contributed by atoms with Crippen LogP contribution in [-0.2, 0) is 14.3 Å². The fourth-order valence-corrected chi connectivity index (χ4v) is 1.86. The SMILES string of the molecule is O=C1C[C@H](C(=O)O)[C@H](c2ccc([N+](=O)[O-])cc2)O1. The minimum Gasteiger partial charge on any atom is -0.481 e. The summed E-state index contributed by atoms with van der Waals surface area (Å²) in [6.45, 7) is 0. The molecule has 18 heavy (non-hydrogen) atoms. The minimum atomic E-state index is -1.12. The number of non-ortho nitro benzene ring substituents is 1. The fourth-order valence-electron chi connectivity index (χ4n) is 1.86. The predicted octanol–water partition coefficient (Wildman–Crippen LogP) is 1.28. The van der Waals surface area contributed by atoms with E-state index in [-0.39, 0.29) is 12.1 Å². The number of carbonyl (C=O) groups excluding carboxylic acids is 1. The van der Waals surface area contributed by atoms with Crippen LogP contribution < -0.4 is 0 Å².